The van der Waals surface area contributed by atoms with Crippen molar-refractivity contribution in [1.29, 1.82) is 0 Å². The highest BCUT2D eigenvalue weighted by Gasteiger charge is 2.42. The average molecular weight is 480 g/mol. The van der Waals surface area contributed by atoms with Crippen LogP contribution < -0.4 is 10.6 Å². The van der Waals surface area contributed by atoms with Crippen molar-refractivity contribution in [1.82, 2.24) is 15.5 Å². The Morgan fingerprint density at radius 3 is 1.91 bits per heavy atom. The molecule has 2 unspecified atom stereocenters. The van der Waals surface area contributed by atoms with Crippen LogP contribution in [0.5, 0.6) is 0 Å². The number of rotatable bonds is 7. The van der Waals surface area contributed by atoms with Gasteiger partial charge in [0.25, 0.3) is 0 Å². The summed E-state index contributed by atoms with van der Waals surface area (Å²) in [7, 11) is 0. The Hall–Kier alpha value is -2.22. The number of carbonyl (C=O) groups excluding carboxylic acids is 3. The normalized spacial score (nSPS) is 13.8. The maximum atomic E-state index is 13.9. The molecule has 3 amide bonds. The Balaban J connectivity index is 3.57. The molecular weight excluding hydrogens is 438 g/mol. The number of hydrogen-bond acceptors (Lipinski definition) is 5. The summed E-state index contributed by atoms with van der Waals surface area (Å²) in [6.07, 6.45) is -0.709. The van der Waals surface area contributed by atoms with Gasteiger partial charge in [-0.15, -0.1) is 0 Å². The fourth-order valence-electron chi connectivity index (χ4n) is 3.65. The van der Waals surface area contributed by atoms with Crippen molar-refractivity contribution in [3.8, 4) is 0 Å². The standard InChI is InChI=1S/C25H41N3O4S/c1-15(2)26-21(29)20(19-16(3)12-11-13-17(19)4)28(24(5,6)7)22(30)18(14-33)27-23(31)32-25(8,9)10/h11-13,15,18,20,33H,14H2,1-10H3,(H,26,29)(H,27,31). The Bertz CT molecular complexity index is 836. The van der Waals surface area contributed by atoms with E-state index >= 15 is 0 Å². The van der Waals surface area contributed by atoms with E-state index in [0.717, 1.165) is 16.7 Å². The van der Waals surface area contributed by atoms with Crippen molar-refractivity contribution in [2.24, 2.45) is 0 Å². The van der Waals surface area contributed by atoms with Crippen molar-refractivity contribution in [3.05, 3.63) is 34.9 Å². The molecule has 0 aromatic heterocycles. The number of nitrogens with one attached hydrogen (secondary N) is 2. The molecule has 0 aliphatic heterocycles. The maximum absolute atomic E-state index is 13.9. The molecule has 1 aromatic carbocycles. The van der Waals surface area contributed by atoms with Gasteiger partial charge in [-0.05, 0) is 85.9 Å². The highest BCUT2D eigenvalue weighted by molar-refractivity contribution is 7.80. The van der Waals surface area contributed by atoms with Gasteiger partial charge in [0, 0.05) is 17.3 Å². The van der Waals surface area contributed by atoms with Crippen LogP contribution in [0, 0.1) is 13.8 Å². The molecule has 2 atom stereocenters. The smallest absolute Gasteiger partial charge is 0.408 e. The average Bonchev–Trinajstić information content (AvgIpc) is 2.61. The molecule has 186 valence electrons. The zero-order chi connectivity index (χ0) is 25.7. The van der Waals surface area contributed by atoms with Gasteiger partial charge in [0.2, 0.25) is 11.8 Å². The summed E-state index contributed by atoms with van der Waals surface area (Å²) >= 11 is 4.32. The first-order valence-electron chi connectivity index (χ1n) is 11.3. The van der Waals surface area contributed by atoms with E-state index in [-0.39, 0.29) is 17.7 Å². The Kier molecular flexibility index (Phi) is 9.84. The summed E-state index contributed by atoms with van der Waals surface area (Å²) in [6, 6.07) is 3.82. The van der Waals surface area contributed by atoms with Gasteiger partial charge in [0.05, 0.1) is 0 Å². The van der Waals surface area contributed by atoms with Crippen LogP contribution >= 0.6 is 12.6 Å². The molecule has 0 radical (unpaired) electrons. The van der Waals surface area contributed by atoms with Crippen LogP contribution in [0.1, 0.15) is 78.1 Å². The van der Waals surface area contributed by atoms with Crippen molar-refractivity contribution >= 4 is 30.5 Å². The quantitative estimate of drug-likeness (QED) is 0.508. The molecule has 1 aromatic rings. The number of thiol groups is 1. The number of amides is 3. The number of carbonyl (C=O) groups is 3. The first-order chi connectivity index (χ1) is 15.0. The van der Waals surface area contributed by atoms with E-state index in [9.17, 15) is 14.4 Å². The van der Waals surface area contributed by atoms with Gasteiger partial charge in [-0.3, -0.25) is 9.59 Å². The molecule has 33 heavy (non-hydrogen) atoms. The van der Waals surface area contributed by atoms with E-state index in [1.807, 2.05) is 66.7 Å². The fourth-order valence-corrected chi connectivity index (χ4v) is 3.90. The molecule has 1 rings (SSSR count). The fraction of sp³-hybridized carbons (Fsp3) is 0.640. The third kappa shape index (κ3) is 8.25. The number of benzene rings is 1. The van der Waals surface area contributed by atoms with Crippen molar-refractivity contribution in [3.63, 3.8) is 0 Å². The van der Waals surface area contributed by atoms with Gasteiger partial charge >= 0.3 is 6.09 Å². The van der Waals surface area contributed by atoms with Crippen LogP contribution in [0.4, 0.5) is 4.79 Å². The molecule has 0 fully saturated rings. The number of nitrogens with zero attached hydrogens (tertiary/aromatic N) is 1. The van der Waals surface area contributed by atoms with Gasteiger partial charge in [0.1, 0.15) is 17.7 Å². The molecule has 0 aliphatic carbocycles. The van der Waals surface area contributed by atoms with Crippen molar-refractivity contribution in [2.75, 3.05) is 5.75 Å². The van der Waals surface area contributed by atoms with E-state index in [1.165, 1.54) is 0 Å². The molecule has 0 bridgehead atoms. The monoisotopic (exact) mass is 479 g/mol. The van der Waals surface area contributed by atoms with Crippen LogP contribution in [0.25, 0.3) is 0 Å². The summed E-state index contributed by atoms with van der Waals surface area (Å²) in [4.78, 5) is 41.4. The Morgan fingerprint density at radius 2 is 1.52 bits per heavy atom. The van der Waals surface area contributed by atoms with Crippen LogP contribution in [0.3, 0.4) is 0 Å². The lowest BCUT2D eigenvalue weighted by Crippen LogP contribution is -2.59. The first kappa shape index (κ1) is 28.8. The maximum Gasteiger partial charge on any atom is 0.408 e. The van der Waals surface area contributed by atoms with Crippen LogP contribution in [0.2, 0.25) is 0 Å². The summed E-state index contributed by atoms with van der Waals surface area (Å²) in [5.74, 6) is -0.633. The minimum absolute atomic E-state index is 0.0515. The minimum atomic E-state index is -0.971. The zero-order valence-corrected chi connectivity index (χ0v) is 22.6. The first-order valence-corrected chi connectivity index (χ1v) is 11.9. The van der Waals surface area contributed by atoms with E-state index in [0.29, 0.717) is 0 Å². The predicted molar refractivity (Wildman–Crippen MR) is 136 cm³/mol. The van der Waals surface area contributed by atoms with Crippen molar-refractivity contribution < 1.29 is 19.1 Å². The van der Waals surface area contributed by atoms with E-state index in [2.05, 4.69) is 23.3 Å². The van der Waals surface area contributed by atoms with Crippen LogP contribution in [0.15, 0.2) is 18.2 Å². The predicted octanol–water partition coefficient (Wildman–Crippen LogP) is 4.32. The SMILES string of the molecule is Cc1cccc(C)c1C(C(=O)NC(C)C)N(C(=O)C(CS)NC(=O)OC(C)(C)C)C(C)(C)C. The highest BCUT2D eigenvalue weighted by Crippen LogP contribution is 2.33. The van der Waals surface area contributed by atoms with Gasteiger partial charge < -0.3 is 20.3 Å². The summed E-state index contributed by atoms with van der Waals surface area (Å²) in [5.41, 5.74) is 1.14. The second-order valence-electron chi connectivity index (χ2n) is 10.6. The van der Waals surface area contributed by atoms with Gasteiger partial charge in [0.15, 0.2) is 0 Å². The van der Waals surface area contributed by atoms with E-state index in [4.69, 9.17) is 4.74 Å². The third-order valence-electron chi connectivity index (χ3n) is 4.88. The molecule has 0 saturated carbocycles. The van der Waals surface area contributed by atoms with Crippen LogP contribution in [-0.2, 0) is 14.3 Å². The molecule has 2 N–H and O–H groups in total. The lowest BCUT2D eigenvalue weighted by atomic mass is 9.90. The Labute approximate surface area is 204 Å². The van der Waals surface area contributed by atoms with Crippen LogP contribution in [-0.4, -0.2) is 51.8 Å². The lowest BCUT2D eigenvalue weighted by molar-refractivity contribution is -0.148. The lowest BCUT2D eigenvalue weighted by Gasteiger charge is -2.43. The van der Waals surface area contributed by atoms with E-state index < -0.39 is 35.2 Å². The molecule has 0 heterocycles. The number of alkyl carbamates (subject to hydrolysis) is 1. The topological polar surface area (TPSA) is 87.7 Å². The molecule has 0 aliphatic rings. The number of hydrogen-bond donors (Lipinski definition) is 3. The Morgan fingerprint density at radius 1 is 1.00 bits per heavy atom. The largest absolute Gasteiger partial charge is 0.444 e. The summed E-state index contributed by atoms with van der Waals surface area (Å²) < 4.78 is 5.33. The minimum Gasteiger partial charge on any atom is -0.444 e. The van der Waals surface area contributed by atoms with Gasteiger partial charge in [-0.1, -0.05) is 18.2 Å². The molecule has 7 nitrogen and oxygen atoms in total. The zero-order valence-electron chi connectivity index (χ0n) is 21.7. The van der Waals surface area contributed by atoms with Gasteiger partial charge in [-0.25, -0.2) is 4.79 Å². The number of aryl methyl sites for hydroxylation is 2. The summed E-state index contributed by atoms with van der Waals surface area (Å²) in [5, 5.41) is 5.60. The molecule has 8 heteroatoms. The second-order valence-corrected chi connectivity index (χ2v) is 11.0. The summed E-state index contributed by atoms with van der Waals surface area (Å²) in [6.45, 7) is 18.5. The highest BCUT2D eigenvalue weighted by atomic mass is 32.1. The second kappa shape index (κ2) is 11.3. The van der Waals surface area contributed by atoms with Gasteiger partial charge in [-0.2, -0.15) is 12.6 Å². The third-order valence-corrected chi connectivity index (χ3v) is 5.25. The van der Waals surface area contributed by atoms with Crippen molar-refractivity contribution in [2.45, 2.75) is 98.5 Å². The molecule has 0 spiro atoms. The number of ether oxygens (including phenoxy) is 1. The van der Waals surface area contributed by atoms with E-state index in [1.54, 1.807) is 25.7 Å². The molecule has 0 saturated heterocycles. The molecular formula is C25H41N3O4S.